The summed E-state index contributed by atoms with van der Waals surface area (Å²) < 4.78 is 19.3. The molecule has 138 valence electrons. The Morgan fingerprint density at radius 1 is 0.960 bits per heavy atom. The molecule has 25 heavy (non-hydrogen) atoms. The summed E-state index contributed by atoms with van der Waals surface area (Å²) in [5.41, 5.74) is 2.15. The summed E-state index contributed by atoms with van der Waals surface area (Å²) in [5, 5.41) is 3.30. The largest absolute Gasteiger partial charge is 0.489 e. The zero-order valence-electron chi connectivity index (χ0n) is 14.1. The zero-order chi connectivity index (χ0) is 15.9. The highest BCUT2D eigenvalue weighted by Gasteiger charge is 2.21. The van der Waals surface area contributed by atoms with Crippen LogP contribution in [0.1, 0.15) is 17.2 Å². The van der Waals surface area contributed by atoms with Gasteiger partial charge in [-0.3, -0.25) is 4.90 Å². The number of alkyl halides is 1. The van der Waals surface area contributed by atoms with Crippen molar-refractivity contribution >= 4 is 24.8 Å². The molecule has 3 nitrogen and oxygen atoms in total. The molecule has 0 aromatic heterocycles. The molecule has 0 amide bonds. The quantitative estimate of drug-likeness (QED) is 0.810. The lowest BCUT2D eigenvalue weighted by Crippen LogP contribution is -2.45. The summed E-state index contributed by atoms with van der Waals surface area (Å²) in [6, 6.07) is 17.7. The second-order valence-corrected chi connectivity index (χ2v) is 5.80. The van der Waals surface area contributed by atoms with E-state index in [1.807, 2.05) is 54.6 Å². The Hall–Kier alpha value is -1.33. The minimum Gasteiger partial charge on any atom is -0.489 e. The SMILES string of the molecule is Cl.Cl.FC[C@H](c1ccc(OCc2ccccc2)cc1)N1CCNCC1. The maximum atomic E-state index is 13.5. The Bertz CT molecular complexity index is 592. The van der Waals surface area contributed by atoms with E-state index in [0.717, 1.165) is 43.1 Å². The van der Waals surface area contributed by atoms with Crippen molar-refractivity contribution in [2.24, 2.45) is 0 Å². The molecule has 1 aliphatic rings. The first-order valence-corrected chi connectivity index (χ1v) is 8.14. The second kappa shape index (κ2) is 11.3. The van der Waals surface area contributed by atoms with Crippen LogP contribution in [0, 0.1) is 0 Å². The third-order valence-corrected chi connectivity index (χ3v) is 4.25. The minimum atomic E-state index is -0.357. The number of hydrogen-bond acceptors (Lipinski definition) is 3. The lowest BCUT2D eigenvalue weighted by molar-refractivity contribution is 0.147. The van der Waals surface area contributed by atoms with Crippen molar-refractivity contribution in [3.63, 3.8) is 0 Å². The third-order valence-electron chi connectivity index (χ3n) is 4.25. The Kier molecular flexibility index (Phi) is 9.83. The van der Waals surface area contributed by atoms with Gasteiger partial charge < -0.3 is 10.1 Å². The van der Waals surface area contributed by atoms with Crippen LogP contribution in [0.15, 0.2) is 54.6 Å². The van der Waals surface area contributed by atoms with Gasteiger partial charge in [0, 0.05) is 26.2 Å². The van der Waals surface area contributed by atoms with Gasteiger partial charge in [-0.2, -0.15) is 0 Å². The fraction of sp³-hybridized carbons (Fsp3) is 0.368. The van der Waals surface area contributed by atoms with Gasteiger partial charge >= 0.3 is 0 Å². The van der Waals surface area contributed by atoms with Gasteiger partial charge in [-0.15, -0.1) is 24.8 Å². The molecule has 1 fully saturated rings. The van der Waals surface area contributed by atoms with Crippen molar-refractivity contribution in [2.75, 3.05) is 32.9 Å². The van der Waals surface area contributed by atoms with Crippen molar-refractivity contribution < 1.29 is 9.13 Å². The second-order valence-electron chi connectivity index (χ2n) is 5.80. The molecule has 0 saturated carbocycles. The Balaban J connectivity index is 0.00000156. The smallest absolute Gasteiger partial charge is 0.119 e. The van der Waals surface area contributed by atoms with E-state index in [9.17, 15) is 4.39 Å². The lowest BCUT2D eigenvalue weighted by Gasteiger charge is -2.33. The number of halogens is 3. The van der Waals surface area contributed by atoms with Crippen LogP contribution in [0.25, 0.3) is 0 Å². The van der Waals surface area contributed by atoms with Gasteiger partial charge in [-0.25, -0.2) is 4.39 Å². The van der Waals surface area contributed by atoms with E-state index >= 15 is 0 Å². The minimum absolute atomic E-state index is 0. The van der Waals surface area contributed by atoms with Crippen LogP contribution in [0.3, 0.4) is 0 Å². The number of rotatable bonds is 6. The molecular weight excluding hydrogens is 362 g/mol. The number of nitrogens with zero attached hydrogens (tertiary/aromatic N) is 1. The average Bonchev–Trinajstić information content (AvgIpc) is 2.63. The Morgan fingerprint density at radius 3 is 2.20 bits per heavy atom. The molecule has 0 unspecified atom stereocenters. The maximum absolute atomic E-state index is 13.5. The number of ether oxygens (including phenoxy) is 1. The molecule has 1 aliphatic heterocycles. The summed E-state index contributed by atoms with van der Waals surface area (Å²) in [4.78, 5) is 2.20. The number of nitrogens with one attached hydrogen (secondary N) is 1. The summed E-state index contributed by atoms with van der Waals surface area (Å²) in [6.45, 7) is 3.82. The van der Waals surface area contributed by atoms with E-state index < -0.39 is 0 Å². The van der Waals surface area contributed by atoms with Crippen molar-refractivity contribution in [1.82, 2.24) is 10.2 Å². The standard InChI is InChI=1S/C19H23FN2O.2ClH/c20-14-19(22-12-10-21-11-13-22)17-6-8-18(9-7-17)23-15-16-4-2-1-3-5-16;;/h1-9,19,21H,10-15H2;2*1H/t19-;;/m1../s1. The molecular formula is C19H25Cl2FN2O. The molecule has 0 bridgehead atoms. The fourth-order valence-corrected chi connectivity index (χ4v) is 2.92. The van der Waals surface area contributed by atoms with Gasteiger partial charge in [0.2, 0.25) is 0 Å². The fourth-order valence-electron chi connectivity index (χ4n) is 2.92. The lowest BCUT2D eigenvalue weighted by atomic mass is 10.1. The predicted octanol–water partition coefficient (Wildman–Crippen LogP) is 4.03. The summed E-state index contributed by atoms with van der Waals surface area (Å²) in [5.74, 6) is 0.815. The molecule has 1 atom stereocenters. The highest BCUT2D eigenvalue weighted by atomic mass is 35.5. The normalized spacial score (nSPS) is 15.6. The van der Waals surface area contributed by atoms with Crippen molar-refractivity contribution in [1.29, 1.82) is 0 Å². The Morgan fingerprint density at radius 2 is 1.60 bits per heavy atom. The molecule has 0 radical (unpaired) electrons. The first-order chi connectivity index (χ1) is 11.4. The van der Waals surface area contributed by atoms with Crippen molar-refractivity contribution in [3.8, 4) is 5.75 Å². The van der Waals surface area contributed by atoms with E-state index in [-0.39, 0.29) is 37.5 Å². The first-order valence-electron chi connectivity index (χ1n) is 8.14. The molecule has 1 saturated heterocycles. The summed E-state index contributed by atoms with van der Waals surface area (Å²) in [7, 11) is 0. The number of benzene rings is 2. The maximum Gasteiger partial charge on any atom is 0.119 e. The van der Waals surface area contributed by atoms with Gasteiger partial charge in [0.05, 0.1) is 6.04 Å². The van der Waals surface area contributed by atoms with Gasteiger partial charge in [0.25, 0.3) is 0 Å². The predicted molar refractivity (Wildman–Crippen MR) is 105 cm³/mol. The van der Waals surface area contributed by atoms with Crippen LogP contribution in [0.2, 0.25) is 0 Å². The van der Waals surface area contributed by atoms with E-state index in [1.54, 1.807) is 0 Å². The molecule has 2 aromatic carbocycles. The monoisotopic (exact) mass is 386 g/mol. The topological polar surface area (TPSA) is 24.5 Å². The molecule has 1 N–H and O–H groups in total. The molecule has 2 aromatic rings. The van der Waals surface area contributed by atoms with E-state index in [1.165, 1.54) is 0 Å². The molecule has 6 heteroatoms. The van der Waals surface area contributed by atoms with Crippen LogP contribution in [0.5, 0.6) is 5.75 Å². The van der Waals surface area contributed by atoms with E-state index in [0.29, 0.717) is 6.61 Å². The average molecular weight is 387 g/mol. The van der Waals surface area contributed by atoms with Gasteiger partial charge in [0.1, 0.15) is 19.0 Å². The highest BCUT2D eigenvalue weighted by molar-refractivity contribution is 5.85. The van der Waals surface area contributed by atoms with Crippen LogP contribution < -0.4 is 10.1 Å². The third kappa shape index (κ3) is 6.15. The van der Waals surface area contributed by atoms with Crippen LogP contribution in [0.4, 0.5) is 4.39 Å². The number of hydrogen-bond donors (Lipinski definition) is 1. The van der Waals surface area contributed by atoms with Gasteiger partial charge in [-0.05, 0) is 23.3 Å². The van der Waals surface area contributed by atoms with Crippen LogP contribution in [-0.4, -0.2) is 37.8 Å². The summed E-state index contributed by atoms with van der Waals surface area (Å²) >= 11 is 0. The molecule has 3 rings (SSSR count). The molecule has 1 heterocycles. The van der Waals surface area contributed by atoms with Crippen molar-refractivity contribution in [3.05, 3.63) is 65.7 Å². The van der Waals surface area contributed by atoms with Crippen LogP contribution >= 0.6 is 24.8 Å². The number of piperazine rings is 1. The van der Waals surface area contributed by atoms with Crippen molar-refractivity contribution in [2.45, 2.75) is 12.6 Å². The van der Waals surface area contributed by atoms with E-state index in [2.05, 4.69) is 10.2 Å². The molecule has 0 aliphatic carbocycles. The molecule has 0 spiro atoms. The van der Waals surface area contributed by atoms with Gasteiger partial charge in [-0.1, -0.05) is 42.5 Å². The highest BCUT2D eigenvalue weighted by Crippen LogP contribution is 2.24. The van der Waals surface area contributed by atoms with Gasteiger partial charge in [0.15, 0.2) is 0 Å². The first kappa shape index (κ1) is 21.7. The van der Waals surface area contributed by atoms with E-state index in [4.69, 9.17) is 4.74 Å². The Labute approximate surface area is 161 Å². The summed E-state index contributed by atoms with van der Waals surface area (Å²) in [6.07, 6.45) is 0. The van der Waals surface area contributed by atoms with Crippen LogP contribution in [-0.2, 0) is 6.61 Å². The zero-order valence-corrected chi connectivity index (χ0v) is 15.7.